The Bertz CT molecular complexity index is 1110. The smallest absolute Gasteiger partial charge is 0.189 e. The highest BCUT2D eigenvalue weighted by Gasteiger charge is 2.29. The first-order valence-corrected chi connectivity index (χ1v) is 17.7. The number of fused-ring (bicyclic) bond motifs is 1. The van der Waals surface area contributed by atoms with Crippen molar-refractivity contribution >= 4 is 5.76 Å². The third kappa shape index (κ3) is 11.1. The molecule has 5 heteroatoms. The second-order valence-electron chi connectivity index (χ2n) is 12.9. The SMILES string of the molecule is CCCCCCCCCCCCCCOCOC1=C(CC2CCN(Cc3ccccc3)CC2)Cc2cc(OC)c(OC)cc21. The van der Waals surface area contributed by atoms with Gasteiger partial charge in [0.05, 0.1) is 20.8 Å². The molecular weight excluding hydrogens is 546 g/mol. The topological polar surface area (TPSA) is 40.2 Å². The molecule has 0 radical (unpaired) electrons. The number of methoxy groups -OCH3 is 2. The van der Waals surface area contributed by atoms with Crippen molar-refractivity contribution in [1.29, 1.82) is 0 Å². The molecule has 2 aliphatic rings. The summed E-state index contributed by atoms with van der Waals surface area (Å²) >= 11 is 0. The van der Waals surface area contributed by atoms with E-state index in [1.165, 1.54) is 100 Å². The number of likely N-dealkylation sites (tertiary alicyclic amines) is 1. The van der Waals surface area contributed by atoms with Crippen LogP contribution in [0.4, 0.5) is 0 Å². The third-order valence-electron chi connectivity index (χ3n) is 9.50. The van der Waals surface area contributed by atoms with Gasteiger partial charge in [0.2, 0.25) is 0 Å². The van der Waals surface area contributed by atoms with Crippen LogP contribution in [0.25, 0.3) is 5.76 Å². The average molecular weight is 606 g/mol. The fourth-order valence-electron chi connectivity index (χ4n) is 6.87. The summed E-state index contributed by atoms with van der Waals surface area (Å²) in [6.07, 6.45) is 20.7. The van der Waals surface area contributed by atoms with Crippen LogP contribution in [0, 0.1) is 5.92 Å². The van der Waals surface area contributed by atoms with E-state index in [9.17, 15) is 0 Å². The fourth-order valence-corrected chi connectivity index (χ4v) is 6.87. The van der Waals surface area contributed by atoms with Gasteiger partial charge in [0.25, 0.3) is 0 Å². The monoisotopic (exact) mass is 605 g/mol. The molecule has 1 saturated heterocycles. The predicted molar refractivity (Wildman–Crippen MR) is 182 cm³/mol. The van der Waals surface area contributed by atoms with Crippen molar-refractivity contribution < 1.29 is 18.9 Å². The van der Waals surface area contributed by atoms with Crippen molar-refractivity contribution in [2.24, 2.45) is 5.92 Å². The van der Waals surface area contributed by atoms with Crippen molar-refractivity contribution in [3.8, 4) is 11.5 Å². The Morgan fingerprint density at radius 2 is 1.36 bits per heavy atom. The minimum Gasteiger partial charge on any atom is -0.493 e. The molecule has 0 spiro atoms. The number of unbranched alkanes of at least 4 members (excludes halogenated alkanes) is 11. The lowest BCUT2D eigenvalue weighted by Gasteiger charge is -2.32. The minimum absolute atomic E-state index is 0.306. The van der Waals surface area contributed by atoms with E-state index >= 15 is 0 Å². The summed E-state index contributed by atoms with van der Waals surface area (Å²) in [6.45, 7) is 6.71. The summed E-state index contributed by atoms with van der Waals surface area (Å²) in [7, 11) is 3.41. The molecule has 0 unspecified atom stereocenters. The maximum atomic E-state index is 6.41. The van der Waals surface area contributed by atoms with Gasteiger partial charge in [-0.25, -0.2) is 0 Å². The molecule has 44 heavy (non-hydrogen) atoms. The molecule has 1 aliphatic carbocycles. The van der Waals surface area contributed by atoms with Crippen LogP contribution in [0.5, 0.6) is 11.5 Å². The summed E-state index contributed by atoms with van der Waals surface area (Å²) in [5.41, 5.74) is 5.19. The molecule has 0 N–H and O–H groups in total. The zero-order chi connectivity index (χ0) is 30.8. The van der Waals surface area contributed by atoms with Crippen LogP contribution in [0.1, 0.15) is 120 Å². The molecule has 244 valence electrons. The number of benzene rings is 2. The van der Waals surface area contributed by atoms with E-state index in [-0.39, 0.29) is 0 Å². The van der Waals surface area contributed by atoms with Gasteiger partial charge >= 0.3 is 0 Å². The maximum Gasteiger partial charge on any atom is 0.189 e. The highest BCUT2D eigenvalue weighted by Crippen LogP contribution is 2.43. The van der Waals surface area contributed by atoms with Gasteiger partial charge in [-0.2, -0.15) is 0 Å². The summed E-state index contributed by atoms with van der Waals surface area (Å²) < 4.78 is 23.7. The lowest BCUT2D eigenvalue weighted by Crippen LogP contribution is -2.33. The summed E-state index contributed by atoms with van der Waals surface area (Å²) in [5.74, 6) is 3.21. The highest BCUT2D eigenvalue weighted by molar-refractivity contribution is 5.74. The molecule has 4 rings (SSSR count). The molecule has 1 heterocycles. The van der Waals surface area contributed by atoms with Gasteiger partial charge in [-0.3, -0.25) is 4.90 Å². The van der Waals surface area contributed by atoms with Crippen LogP contribution >= 0.6 is 0 Å². The summed E-state index contributed by atoms with van der Waals surface area (Å²) in [6, 6.07) is 15.1. The van der Waals surface area contributed by atoms with Crippen LogP contribution in [-0.2, 0) is 22.4 Å². The number of piperidine rings is 1. The number of nitrogens with zero attached hydrogens (tertiary/aromatic N) is 1. The van der Waals surface area contributed by atoms with Crippen LogP contribution < -0.4 is 9.47 Å². The quantitative estimate of drug-likeness (QED) is 0.0987. The summed E-state index contributed by atoms with van der Waals surface area (Å²) in [4.78, 5) is 2.60. The molecule has 5 nitrogen and oxygen atoms in total. The number of hydrogen-bond acceptors (Lipinski definition) is 5. The van der Waals surface area contributed by atoms with Gasteiger partial charge in [0.15, 0.2) is 18.3 Å². The summed E-state index contributed by atoms with van der Waals surface area (Å²) in [5, 5.41) is 0. The number of rotatable bonds is 22. The predicted octanol–water partition coefficient (Wildman–Crippen LogP) is 9.97. The average Bonchev–Trinajstić information content (AvgIpc) is 3.38. The zero-order valence-corrected chi connectivity index (χ0v) is 28.0. The molecule has 0 atom stereocenters. The van der Waals surface area contributed by atoms with Crippen LogP contribution in [0.15, 0.2) is 48.0 Å². The fraction of sp³-hybridized carbons (Fsp3) is 0.641. The first kappa shape index (κ1) is 34.4. The van der Waals surface area contributed by atoms with Crippen LogP contribution in [0.3, 0.4) is 0 Å². The van der Waals surface area contributed by atoms with Crippen molar-refractivity contribution in [2.45, 2.75) is 116 Å². The molecule has 0 amide bonds. The van der Waals surface area contributed by atoms with Crippen molar-refractivity contribution in [3.05, 3.63) is 64.7 Å². The lowest BCUT2D eigenvalue weighted by molar-refractivity contribution is -0.00331. The van der Waals surface area contributed by atoms with E-state index in [4.69, 9.17) is 18.9 Å². The molecule has 0 bridgehead atoms. The van der Waals surface area contributed by atoms with Gasteiger partial charge < -0.3 is 18.9 Å². The van der Waals surface area contributed by atoms with Gasteiger partial charge in [0.1, 0.15) is 5.76 Å². The Hall–Kier alpha value is -2.50. The van der Waals surface area contributed by atoms with Crippen molar-refractivity contribution in [1.82, 2.24) is 4.90 Å². The molecule has 2 aromatic rings. The number of ether oxygens (including phenoxy) is 4. The third-order valence-corrected chi connectivity index (χ3v) is 9.50. The molecule has 0 saturated carbocycles. The molecular formula is C39H59NO4. The van der Waals surface area contributed by atoms with E-state index in [2.05, 4.69) is 54.3 Å². The Balaban J connectivity index is 1.20. The maximum absolute atomic E-state index is 6.41. The van der Waals surface area contributed by atoms with Gasteiger partial charge in [-0.1, -0.05) is 108 Å². The number of allylic oxidation sites excluding steroid dienone is 1. The molecule has 1 aliphatic heterocycles. The minimum atomic E-state index is 0.306. The Labute approximate surface area is 268 Å². The second kappa shape index (κ2) is 19.8. The van der Waals surface area contributed by atoms with E-state index in [0.29, 0.717) is 12.7 Å². The Kier molecular flexibility index (Phi) is 15.5. The molecule has 2 aromatic carbocycles. The highest BCUT2D eigenvalue weighted by atomic mass is 16.7. The van der Waals surface area contributed by atoms with Crippen molar-refractivity contribution in [2.75, 3.05) is 40.7 Å². The van der Waals surface area contributed by atoms with Gasteiger partial charge in [0, 0.05) is 12.1 Å². The Morgan fingerprint density at radius 1 is 0.750 bits per heavy atom. The molecule has 1 fully saturated rings. The number of hydrogen-bond donors (Lipinski definition) is 0. The second-order valence-corrected chi connectivity index (χ2v) is 12.9. The largest absolute Gasteiger partial charge is 0.493 e. The zero-order valence-electron chi connectivity index (χ0n) is 28.0. The van der Waals surface area contributed by atoms with E-state index in [1.807, 2.05) is 0 Å². The standard InChI is InChI=1S/C39H59NO4/c1-4-5-6-7-8-9-10-11-12-13-14-18-25-43-31-44-39-35(27-34-28-37(41-2)38(42-3)29-36(34)39)26-32-21-23-40(24-22-32)30-33-19-16-15-17-20-33/h15-17,19-20,28-29,32H,4-14,18,21-27,30-31H2,1-3H3. The van der Waals surface area contributed by atoms with Gasteiger partial charge in [-0.05, 0) is 79.9 Å². The first-order valence-electron chi connectivity index (χ1n) is 17.7. The molecule has 0 aromatic heterocycles. The van der Waals surface area contributed by atoms with Crippen LogP contribution in [-0.4, -0.2) is 45.6 Å². The van der Waals surface area contributed by atoms with Crippen LogP contribution in [0.2, 0.25) is 0 Å². The lowest BCUT2D eigenvalue weighted by atomic mass is 9.89. The van der Waals surface area contributed by atoms with Gasteiger partial charge in [-0.15, -0.1) is 0 Å². The van der Waals surface area contributed by atoms with E-state index in [0.717, 1.165) is 68.3 Å². The van der Waals surface area contributed by atoms with Crippen molar-refractivity contribution in [3.63, 3.8) is 0 Å². The normalized spacial score (nSPS) is 15.5. The van der Waals surface area contributed by atoms with E-state index in [1.54, 1.807) is 14.2 Å². The van der Waals surface area contributed by atoms with E-state index < -0.39 is 0 Å². The Morgan fingerprint density at radius 3 is 2.00 bits per heavy atom. The first-order chi connectivity index (χ1) is 21.7.